The summed E-state index contributed by atoms with van der Waals surface area (Å²) < 4.78 is 22.9. The van der Waals surface area contributed by atoms with Crippen molar-refractivity contribution >= 4 is 0 Å². The predicted octanol–water partition coefficient (Wildman–Crippen LogP) is 2.47. The summed E-state index contributed by atoms with van der Waals surface area (Å²) in [6, 6.07) is 7.73. The average molecular weight is 322 g/mol. The molecule has 4 atom stereocenters. The third kappa shape index (κ3) is 4.23. The Morgan fingerprint density at radius 3 is 2.61 bits per heavy atom. The van der Waals surface area contributed by atoms with E-state index in [1.807, 2.05) is 24.3 Å². The summed E-state index contributed by atoms with van der Waals surface area (Å²) in [4.78, 5) is 0. The van der Waals surface area contributed by atoms with Crippen molar-refractivity contribution in [2.45, 2.75) is 50.1 Å². The van der Waals surface area contributed by atoms with Crippen LogP contribution in [0.1, 0.15) is 37.4 Å². The van der Waals surface area contributed by atoms with Crippen LogP contribution in [0.5, 0.6) is 5.75 Å². The maximum atomic E-state index is 9.82. The first kappa shape index (κ1) is 16.7. The number of aliphatic hydroxyl groups is 1. The Kier molecular flexibility index (Phi) is 5.89. The number of benzene rings is 1. The fourth-order valence-electron chi connectivity index (χ4n) is 3.48. The summed E-state index contributed by atoms with van der Waals surface area (Å²) in [5, 5.41) is 9.82. The molecule has 3 rings (SSSR count). The van der Waals surface area contributed by atoms with E-state index in [-0.39, 0.29) is 18.8 Å². The van der Waals surface area contributed by atoms with Crippen LogP contribution in [0.25, 0.3) is 0 Å². The van der Waals surface area contributed by atoms with Gasteiger partial charge in [-0.25, -0.2) is 0 Å². The maximum absolute atomic E-state index is 9.82. The molecule has 2 unspecified atom stereocenters. The SMILES string of the molecule is COCCOc1ccccc1C(CO)OC1C[C@H]2CC[C@@H](C1)O2. The summed E-state index contributed by atoms with van der Waals surface area (Å²) in [6.45, 7) is 0.951. The van der Waals surface area contributed by atoms with E-state index in [0.717, 1.165) is 37.0 Å². The van der Waals surface area contributed by atoms with Crippen molar-refractivity contribution in [3.63, 3.8) is 0 Å². The highest BCUT2D eigenvalue weighted by Gasteiger charge is 2.36. The van der Waals surface area contributed by atoms with Gasteiger partial charge in [0.05, 0.1) is 31.5 Å². The van der Waals surface area contributed by atoms with Crippen LogP contribution < -0.4 is 4.74 Å². The Balaban J connectivity index is 1.65. The fourth-order valence-corrected chi connectivity index (χ4v) is 3.48. The number of ether oxygens (including phenoxy) is 4. The second-order valence-electron chi connectivity index (χ2n) is 6.24. The molecule has 2 heterocycles. The molecule has 0 saturated carbocycles. The van der Waals surface area contributed by atoms with E-state index < -0.39 is 0 Å². The standard InChI is InChI=1S/C18H26O5/c1-20-8-9-21-17-5-3-2-4-16(17)18(12-19)23-15-10-13-6-7-14(11-15)22-13/h2-5,13-15,18-19H,6-12H2,1H3/t13-,14+,15?,18?. The molecule has 1 aromatic carbocycles. The van der Waals surface area contributed by atoms with Crippen molar-refractivity contribution in [1.82, 2.24) is 0 Å². The zero-order valence-corrected chi connectivity index (χ0v) is 13.6. The highest BCUT2D eigenvalue weighted by atomic mass is 16.5. The molecule has 5 nitrogen and oxygen atoms in total. The van der Waals surface area contributed by atoms with Crippen LogP contribution in [0.2, 0.25) is 0 Å². The monoisotopic (exact) mass is 322 g/mol. The van der Waals surface area contributed by atoms with E-state index in [1.165, 1.54) is 0 Å². The predicted molar refractivity (Wildman–Crippen MR) is 85.6 cm³/mol. The zero-order valence-electron chi connectivity index (χ0n) is 13.6. The third-order valence-electron chi connectivity index (χ3n) is 4.58. The van der Waals surface area contributed by atoms with Gasteiger partial charge in [-0.2, -0.15) is 0 Å². The first-order chi connectivity index (χ1) is 11.3. The Hall–Kier alpha value is -1.14. The fraction of sp³-hybridized carbons (Fsp3) is 0.667. The molecule has 1 N–H and O–H groups in total. The quantitative estimate of drug-likeness (QED) is 0.745. The minimum Gasteiger partial charge on any atom is -0.491 e. The Labute approximate surface area is 137 Å². The zero-order chi connectivity index (χ0) is 16.1. The first-order valence-electron chi connectivity index (χ1n) is 8.42. The molecule has 0 amide bonds. The van der Waals surface area contributed by atoms with Gasteiger partial charge in [-0.1, -0.05) is 18.2 Å². The van der Waals surface area contributed by atoms with Gasteiger partial charge in [-0.15, -0.1) is 0 Å². The number of hydrogen-bond donors (Lipinski definition) is 1. The molecule has 0 aromatic heterocycles. The van der Waals surface area contributed by atoms with E-state index in [4.69, 9.17) is 18.9 Å². The lowest BCUT2D eigenvalue weighted by atomic mass is 10.0. The summed E-state index contributed by atoms with van der Waals surface area (Å²) >= 11 is 0. The van der Waals surface area contributed by atoms with Crippen molar-refractivity contribution in [2.24, 2.45) is 0 Å². The highest BCUT2D eigenvalue weighted by Crippen LogP contribution is 2.37. The lowest BCUT2D eigenvalue weighted by molar-refractivity contribution is -0.115. The molecule has 23 heavy (non-hydrogen) atoms. The second-order valence-corrected chi connectivity index (χ2v) is 6.24. The summed E-state index contributed by atoms with van der Waals surface area (Å²) in [6.07, 6.45) is 4.52. The van der Waals surface area contributed by atoms with Crippen LogP contribution in [-0.4, -0.2) is 50.3 Å². The summed E-state index contributed by atoms with van der Waals surface area (Å²) in [5.74, 6) is 0.749. The first-order valence-corrected chi connectivity index (χ1v) is 8.42. The number of fused-ring (bicyclic) bond motifs is 2. The topological polar surface area (TPSA) is 57.2 Å². The van der Waals surface area contributed by atoms with Gasteiger partial charge >= 0.3 is 0 Å². The molecule has 2 aliphatic heterocycles. The average Bonchev–Trinajstić information content (AvgIpc) is 2.92. The second kappa shape index (κ2) is 8.11. The van der Waals surface area contributed by atoms with Gasteiger partial charge in [-0.3, -0.25) is 0 Å². The van der Waals surface area contributed by atoms with Gasteiger partial charge in [0.2, 0.25) is 0 Å². The van der Waals surface area contributed by atoms with Crippen molar-refractivity contribution in [1.29, 1.82) is 0 Å². The van der Waals surface area contributed by atoms with Crippen LogP contribution in [0.3, 0.4) is 0 Å². The van der Waals surface area contributed by atoms with E-state index in [9.17, 15) is 5.11 Å². The van der Waals surface area contributed by atoms with Gasteiger partial charge in [0.15, 0.2) is 0 Å². The molecule has 1 aromatic rings. The van der Waals surface area contributed by atoms with Gasteiger partial charge in [0, 0.05) is 12.7 Å². The third-order valence-corrected chi connectivity index (χ3v) is 4.58. The molecule has 0 spiro atoms. The normalized spacial score (nSPS) is 27.8. The number of rotatable bonds is 8. The molecule has 5 heteroatoms. The Morgan fingerprint density at radius 2 is 1.91 bits per heavy atom. The molecule has 128 valence electrons. The number of hydrogen-bond acceptors (Lipinski definition) is 5. The minimum absolute atomic E-state index is 0.0582. The molecule has 2 saturated heterocycles. The molecular weight excluding hydrogens is 296 g/mol. The number of methoxy groups -OCH3 is 1. The number of aliphatic hydroxyl groups excluding tert-OH is 1. The van der Waals surface area contributed by atoms with Crippen molar-refractivity contribution < 1.29 is 24.1 Å². The van der Waals surface area contributed by atoms with Gasteiger partial charge < -0.3 is 24.1 Å². The van der Waals surface area contributed by atoms with Crippen molar-refractivity contribution in [3.05, 3.63) is 29.8 Å². The van der Waals surface area contributed by atoms with Crippen LogP contribution in [-0.2, 0) is 14.2 Å². The molecule has 2 aliphatic rings. The van der Waals surface area contributed by atoms with Crippen LogP contribution in [0.15, 0.2) is 24.3 Å². The van der Waals surface area contributed by atoms with Crippen LogP contribution in [0, 0.1) is 0 Å². The van der Waals surface area contributed by atoms with Crippen molar-refractivity contribution in [2.75, 3.05) is 26.9 Å². The minimum atomic E-state index is -0.365. The van der Waals surface area contributed by atoms with Gasteiger partial charge in [0.1, 0.15) is 18.5 Å². The van der Waals surface area contributed by atoms with E-state index in [1.54, 1.807) is 7.11 Å². The van der Waals surface area contributed by atoms with Gasteiger partial charge in [-0.05, 0) is 31.7 Å². The van der Waals surface area contributed by atoms with Crippen LogP contribution in [0.4, 0.5) is 0 Å². The summed E-state index contributed by atoms with van der Waals surface area (Å²) in [7, 11) is 1.65. The van der Waals surface area contributed by atoms with Crippen molar-refractivity contribution in [3.8, 4) is 5.75 Å². The summed E-state index contributed by atoms with van der Waals surface area (Å²) in [5.41, 5.74) is 0.893. The van der Waals surface area contributed by atoms with E-state index >= 15 is 0 Å². The molecule has 0 aliphatic carbocycles. The van der Waals surface area contributed by atoms with Crippen LogP contribution >= 0.6 is 0 Å². The largest absolute Gasteiger partial charge is 0.491 e. The highest BCUT2D eigenvalue weighted by molar-refractivity contribution is 5.35. The lowest BCUT2D eigenvalue weighted by Gasteiger charge is -2.31. The molecule has 2 fully saturated rings. The molecular formula is C18H26O5. The van der Waals surface area contributed by atoms with E-state index in [0.29, 0.717) is 25.4 Å². The maximum Gasteiger partial charge on any atom is 0.125 e. The Bertz CT molecular complexity index is 480. The molecule has 2 bridgehead atoms. The lowest BCUT2D eigenvalue weighted by Crippen LogP contribution is -2.32. The Morgan fingerprint density at radius 1 is 1.17 bits per heavy atom. The number of para-hydroxylation sites is 1. The van der Waals surface area contributed by atoms with Gasteiger partial charge in [0.25, 0.3) is 0 Å². The molecule has 0 radical (unpaired) electrons. The smallest absolute Gasteiger partial charge is 0.125 e. The van der Waals surface area contributed by atoms with E-state index in [2.05, 4.69) is 0 Å².